The van der Waals surface area contributed by atoms with Crippen LogP contribution in [0.3, 0.4) is 0 Å². The van der Waals surface area contributed by atoms with Gasteiger partial charge < -0.3 is 19.5 Å². The Labute approximate surface area is 114 Å². The first-order valence-electron chi connectivity index (χ1n) is 5.53. The predicted octanol–water partition coefficient (Wildman–Crippen LogP) is 2.11. The second-order valence-corrected chi connectivity index (χ2v) is 4.82. The minimum absolute atomic E-state index is 0.237. The van der Waals surface area contributed by atoms with Gasteiger partial charge in [-0.25, -0.2) is 4.79 Å². The van der Waals surface area contributed by atoms with Crippen LogP contribution in [0.15, 0.2) is 16.9 Å². The van der Waals surface area contributed by atoms with Crippen LogP contribution in [0.2, 0.25) is 0 Å². The Morgan fingerprint density at radius 2 is 2.42 bits per heavy atom. The lowest BCUT2D eigenvalue weighted by atomic mass is 10.4. The van der Waals surface area contributed by atoms with Gasteiger partial charge in [0.05, 0.1) is 13.7 Å². The molecule has 0 aliphatic carbocycles. The van der Waals surface area contributed by atoms with Gasteiger partial charge in [0.25, 0.3) is 0 Å². The summed E-state index contributed by atoms with van der Waals surface area (Å²) in [5.41, 5.74) is 1.21. The van der Waals surface area contributed by atoms with Crippen molar-refractivity contribution in [3.63, 3.8) is 0 Å². The van der Waals surface area contributed by atoms with Gasteiger partial charge in [0.15, 0.2) is 0 Å². The third-order valence-corrected chi connectivity index (χ3v) is 3.23. The number of rotatable bonds is 4. The maximum Gasteiger partial charge on any atom is 0.322 e. The van der Waals surface area contributed by atoms with Gasteiger partial charge in [-0.3, -0.25) is 0 Å². The minimum Gasteiger partial charge on any atom is -0.480 e. The van der Waals surface area contributed by atoms with Gasteiger partial charge >= 0.3 is 6.03 Å². The second-order valence-electron chi connectivity index (χ2n) is 3.94. The van der Waals surface area contributed by atoms with E-state index in [1.54, 1.807) is 32.0 Å². The molecule has 2 aromatic rings. The molecule has 0 radical (unpaired) electrons. The van der Waals surface area contributed by atoms with Crippen molar-refractivity contribution < 1.29 is 14.1 Å². The largest absolute Gasteiger partial charge is 0.480 e. The maximum absolute atomic E-state index is 11.9. The van der Waals surface area contributed by atoms with E-state index in [9.17, 15) is 4.79 Å². The number of methoxy groups -OCH3 is 1. The fraction of sp³-hybridized carbons (Fsp3) is 0.364. The molecule has 7 nitrogen and oxygen atoms in total. The summed E-state index contributed by atoms with van der Waals surface area (Å²) in [6, 6.07) is 1.57. The van der Waals surface area contributed by atoms with Crippen LogP contribution >= 0.6 is 11.5 Å². The first-order chi connectivity index (χ1) is 9.10. The van der Waals surface area contributed by atoms with Gasteiger partial charge in [-0.05, 0) is 18.5 Å². The summed E-state index contributed by atoms with van der Waals surface area (Å²) >= 11 is 1.30. The summed E-state index contributed by atoms with van der Waals surface area (Å²) in [4.78, 5) is 14.4. The lowest BCUT2D eigenvalue weighted by molar-refractivity contribution is 0.221. The number of hydrogen-bond donors (Lipinski definition) is 1. The molecule has 19 heavy (non-hydrogen) atoms. The normalized spacial score (nSPS) is 10.3. The van der Waals surface area contributed by atoms with E-state index < -0.39 is 0 Å². The van der Waals surface area contributed by atoms with E-state index in [0.717, 1.165) is 4.88 Å². The molecule has 0 unspecified atom stereocenters. The van der Waals surface area contributed by atoms with Crippen molar-refractivity contribution in [2.45, 2.75) is 13.5 Å². The van der Waals surface area contributed by atoms with E-state index in [0.29, 0.717) is 23.8 Å². The number of nitrogens with zero attached hydrogens (tertiary/aromatic N) is 3. The molecule has 0 aromatic carbocycles. The zero-order valence-electron chi connectivity index (χ0n) is 10.8. The summed E-state index contributed by atoms with van der Waals surface area (Å²) in [7, 11) is 3.26. The van der Waals surface area contributed by atoms with Crippen LogP contribution in [0, 0.1) is 6.92 Å². The Morgan fingerprint density at radius 3 is 3.00 bits per heavy atom. The Hall–Kier alpha value is -2.09. The smallest absolute Gasteiger partial charge is 0.322 e. The molecule has 102 valence electrons. The highest BCUT2D eigenvalue weighted by atomic mass is 32.1. The lowest BCUT2D eigenvalue weighted by Crippen LogP contribution is -2.30. The summed E-state index contributed by atoms with van der Waals surface area (Å²) in [6.45, 7) is 2.21. The van der Waals surface area contributed by atoms with Gasteiger partial charge in [-0.1, -0.05) is 5.16 Å². The SMILES string of the molecule is COc1cc(CN(C)C(=O)Nc2conc2C)sn1. The Bertz CT molecular complexity index is 566. The van der Waals surface area contributed by atoms with Gasteiger partial charge in [-0.2, -0.15) is 4.37 Å². The fourth-order valence-electron chi connectivity index (χ4n) is 1.39. The molecule has 0 aliphatic heterocycles. The van der Waals surface area contributed by atoms with Crippen LogP contribution in [-0.2, 0) is 6.54 Å². The molecule has 0 saturated heterocycles. The van der Waals surface area contributed by atoms with Crippen LogP contribution in [0.25, 0.3) is 0 Å². The number of ether oxygens (including phenoxy) is 1. The highest BCUT2D eigenvalue weighted by Crippen LogP contribution is 2.18. The van der Waals surface area contributed by atoms with E-state index in [2.05, 4.69) is 14.8 Å². The summed E-state index contributed by atoms with van der Waals surface area (Å²) in [5.74, 6) is 0.559. The van der Waals surface area contributed by atoms with Gasteiger partial charge in [0.2, 0.25) is 5.88 Å². The molecule has 0 atom stereocenters. The molecule has 8 heteroatoms. The van der Waals surface area contributed by atoms with E-state index in [1.807, 2.05) is 0 Å². The maximum atomic E-state index is 11.9. The first-order valence-corrected chi connectivity index (χ1v) is 6.30. The van der Waals surface area contributed by atoms with Crippen LogP contribution in [0.1, 0.15) is 10.6 Å². The monoisotopic (exact) mass is 282 g/mol. The number of nitrogens with one attached hydrogen (secondary N) is 1. The number of carbonyl (C=O) groups excluding carboxylic acids is 1. The topological polar surface area (TPSA) is 80.5 Å². The van der Waals surface area contributed by atoms with Crippen molar-refractivity contribution >= 4 is 23.3 Å². The van der Waals surface area contributed by atoms with Crippen molar-refractivity contribution in [2.24, 2.45) is 0 Å². The molecule has 0 saturated carbocycles. The van der Waals surface area contributed by atoms with Gasteiger partial charge in [0, 0.05) is 18.0 Å². The van der Waals surface area contributed by atoms with Crippen LogP contribution in [0.4, 0.5) is 10.5 Å². The number of urea groups is 1. The summed E-state index contributed by atoms with van der Waals surface area (Å²) in [5, 5.41) is 6.41. The fourth-order valence-corrected chi connectivity index (χ4v) is 2.13. The average molecular weight is 282 g/mol. The zero-order valence-corrected chi connectivity index (χ0v) is 11.7. The first kappa shape index (κ1) is 13.3. The third-order valence-electron chi connectivity index (χ3n) is 2.48. The number of anilines is 1. The summed E-state index contributed by atoms with van der Waals surface area (Å²) < 4.78 is 13.8. The Kier molecular flexibility index (Phi) is 4.00. The molecule has 2 aromatic heterocycles. The second kappa shape index (κ2) is 5.70. The van der Waals surface area contributed by atoms with Gasteiger partial charge in [-0.15, -0.1) is 0 Å². The van der Waals surface area contributed by atoms with E-state index in [4.69, 9.17) is 9.26 Å². The molecule has 2 amide bonds. The Morgan fingerprint density at radius 1 is 1.63 bits per heavy atom. The lowest BCUT2D eigenvalue weighted by Gasteiger charge is -2.16. The van der Waals surface area contributed by atoms with Crippen LogP contribution in [0.5, 0.6) is 5.88 Å². The van der Waals surface area contributed by atoms with E-state index in [1.165, 1.54) is 17.8 Å². The molecule has 0 bridgehead atoms. The highest BCUT2D eigenvalue weighted by Gasteiger charge is 2.13. The van der Waals surface area contributed by atoms with Gasteiger partial charge in [0.1, 0.15) is 17.6 Å². The molecular weight excluding hydrogens is 268 g/mol. The Balaban J connectivity index is 1.94. The highest BCUT2D eigenvalue weighted by molar-refractivity contribution is 7.05. The zero-order chi connectivity index (χ0) is 13.8. The molecular formula is C11H14N4O3S. The van der Waals surface area contributed by atoms with Crippen molar-refractivity contribution in [3.8, 4) is 5.88 Å². The van der Waals surface area contributed by atoms with Crippen molar-refractivity contribution in [3.05, 3.63) is 22.9 Å². The summed E-state index contributed by atoms with van der Waals surface area (Å²) in [6.07, 6.45) is 1.40. The predicted molar refractivity (Wildman–Crippen MR) is 70.4 cm³/mol. The average Bonchev–Trinajstić information content (AvgIpc) is 2.99. The number of aromatic nitrogens is 2. The van der Waals surface area contributed by atoms with Crippen LogP contribution < -0.4 is 10.1 Å². The van der Waals surface area contributed by atoms with Crippen molar-refractivity contribution in [1.82, 2.24) is 14.4 Å². The van der Waals surface area contributed by atoms with E-state index >= 15 is 0 Å². The molecule has 0 spiro atoms. The minimum atomic E-state index is -0.237. The van der Waals surface area contributed by atoms with Crippen molar-refractivity contribution in [1.29, 1.82) is 0 Å². The molecule has 2 rings (SSSR count). The van der Waals surface area contributed by atoms with Crippen molar-refractivity contribution in [2.75, 3.05) is 19.5 Å². The standard InChI is InChI=1S/C11H14N4O3S/c1-7-9(6-18-13-7)12-11(16)15(2)5-8-4-10(17-3)14-19-8/h4,6H,5H2,1-3H3,(H,12,16). The van der Waals surface area contributed by atoms with E-state index in [-0.39, 0.29) is 6.03 Å². The number of aryl methyl sites for hydroxylation is 1. The van der Waals surface area contributed by atoms with Crippen LogP contribution in [-0.4, -0.2) is 34.6 Å². The number of carbonyl (C=O) groups is 1. The third kappa shape index (κ3) is 3.22. The number of amides is 2. The molecule has 0 aliphatic rings. The molecule has 2 heterocycles. The quantitative estimate of drug-likeness (QED) is 0.929. The number of hydrogen-bond acceptors (Lipinski definition) is 6. The molecule has 0 fully saturated rings. The molecule has 1 N–H and O–H groups in total.